The number of anilines is 1. The minimum Gasteiger partial charge on any atom is -0.492 e. The van der Waals surface area contributed by atoms with Crippen molar-refractivity contribution >= 4 is 11.6 Å². The summed E-state index contributed by atoms with van der Waals surface area (Å²) in [5.41, 5.74) is 0.875. The summed E-state index contributed by atoms with van der Waals surface area (Å²) in [7, 11) is 0. The standard InChI is InChI=1S/C16H16N4O3/c1-12-10-15(19-23-12)16(21)18-13-4-2-5-14(11-13)22-9-8-20-7-3-6-17-20/h2-7,10-11H,8-9H2,1H3,(H,18,21). The van der Waals surface area contributed by atoms with Gasteiger partial charge in [-0.25, -0.2) is 0 Å². The lowest BCUT2D eigenvalue weighted by atomic mass is 10.3. The Bertz CT molecular complexity index is 780. The van der Waals surface area contributed by atoms with Crippen molar-refractivity contribution in [2.24, 2.45) is 0 Å². The maximum Gasteiger partial charge on any atom is 0.277 e. The zero-order valence-corrected chi connectivity index (χ0v) is 12.6. The summed E-state index contributed by atoms with van der Waals surface area (Å²) in [5, 5.41) is 10.5. The number of amides is 1. The molecule has 0 aliphatic carbocycles. The average Bonchev–Trinajstić information content (AvgIpc) is 3.19. The van der Waals surface area contributed by atoms with E-state index in [1.54, 1.807) is 36.0 Å². The van der Waals surface area contributed by atoms with Gasteiger partial charge in [0.25, 0.3) is 5.91 Å². The van der Waals surface area contributed by atoms with Gasteiger partial charge < -0.3 is 14.6 Å². The Morgan fingerprint density at radius 1 is 1.35 bits per heavy atom. The second-order valence-electron chi connectivity index (χ2n) is 4.92. The Morgan fingerprint density at radius 3 is 3.00 bits per heavy atom. The average molecular weight is 312 g/mol. The minimum absolute atomic E-state index is 0.243. The zero-order valence-electron chi connectivity index (χ0n) is 12.6. The van der Waals surface area contributed by atoms with Crippen molar-refractivity contribution in [2.45, 2.75) is 13.5 Å². The van der Waals surface area contributed by atoms with Crippen LogP contribution in [0.3, 0.4) is 0 Å². The van der Waals surface area contributed by atoms with Crippen molar-refractivity contribution in [3.05, 3.63) is 60.2 Å². The normalized spacial score (nSPS) is 10.5. The van der Waals surface area contributed by atoms with Crippen LogP contribution in [0.25, 0.3) is 0 Å². The second kappa shape index (κ2) is 6.78. The fraction of sp³-hybridized carbons (Fsp3) is 0.188. The molecule has 0 bridgehead atoms. The zero-order chi connectivity index (χ0) is 16.1. The van der Waals surface area contributed by atoms with E-state index >= 15 is 0 Å². The summed E-state index contributed by atoms with van der Waals surface area (Å²) >= 11 is 0. The maximum atomic E-state index is 12.0. The van der Waals surface area contributed by atoms with E-state index in [1.807, 2.05) is 24.4 Å². The molecule has 2 heterocycles. The molecule has 0 saturated heterocycles. The fourth-order valence-electron chi connectivity index (χ4n) is 2.02. The molecule has 3 aromatic rings. The summed E-state index contributed by atoms with van der Waals surface area (Å²) < 4.78 is 12.3. The summed E-state index contributed by atoms with van der Waals surface area (Å²) in [5.74, 6) is 0.938. The number of aryl methyl sites for hydroxylation is 1. The first-order valence-electron chi connectivity index (χ1n) is 7.16. The summed E-state index contributed by atoms with van der Waals surface area (Å²) in [6.45, 7) is 2.88. The van der Waals surface area contributed by atoms with Crippen LogP contribution in [-0.2, 0) is 6.54 Å². The number of nitrogens with one attached hydrogen (secondary N) is 1. The lowest BCUT2D eigenvalue weighted by molar-refractivity contribution is 0.101. The number of nitrogens with zero attached hydrogens (tertiary/aromatic N) is 3. The van der Waals surface area contributed by atoms with Gasteiger partial charge in [0, 0.05) is 30.2 Å². The van der Waals surface area contributed by atoms with Crippen molar-refractivity contribution in [3.63, 3.8) is 0 Å². The maximum absolute atomic E-state index is 12.0. The van der Waals surface area contributed by atoms with E-state index in [0.717, 1.165) is 0 Å². The Kier molecular flexibility index (Phi) is 4.37. The molecule has 1 N–H and O–H groups in total. The first-order chi connectivity index (χ1) is 11.2. The Balaban J connectivity index is 1.57. The highest BCUT2D eigenvalue weighted by molar-refractivity contribution is 6.02. The third kappa shape index (κ3) is 3.97. The molecule has 0 saturated carbocycles. The monoisotopic (exact) mass is 312 g/mol. The van der Waals surface area contributed by atoms with E-state index in [-0.39, 0.29) is 11.6 Å². The molecule has 1 aromatic carbocycles. The predicted octanol–water partition coefficient (Wildman–Crippen LogP) is 2.51. The third-order valence-corrected chi connectivity index (χ3v) is 3.10. The van der Waals surface area contributed by atoms with Gasteiger partial charge in [-0.2, -0.15) is 5.10 Å². The second-order valence-corrected chi connectivity index (χ2v) is 4.92. The molecule has 0 aliphatic heterocycles. The van der Waals surface area contributed by atoms with Gasteiger partial charge in [0.15, 0.2) is 5.69 Å². The number of hydrogen-bond acceptors (Lipinski definition) is 5. The molecule has 0 atom stereocenters. The van der Waals surface area contributed by atoms with E-state index in [4.69, 9.17) is 9.26 Å². The van der Waals surface area contributed by atoms with Gasteiger partial charge in [-0.05, 0) is 25.1 Å². The molecule has 0 radical (unpaired) electrons. The molecule has 0 unspecified atom stereocenters. The van der Waals surface area contributed by atoms with Gasteiger partial charge in [-0.1, -0.05) is 11.2 Å². The van der Waals surface area contributed by atoms with Crippen LogP contribution in [0.1, 0.15) is 16.2 Å². The summed E-state index contributed by atoms with van der Waals surface area (Å²) in [4.78, 5) is 12.0. The number of hydrogen-bond donors (Lipinski definition) is 1. The molecule has 118 valence electrons. The largest absolute Gasteiger partial charge is 0.492 e. The number of ether oxygens (including phenoxy) is 1. The van der Waals surface area contributed by atoms with Crippen molar-refractivity contribution in [1.29, 1.82) is 0 Å². The lowest BCUT2D eigenvalue weighted by Gasteiger charge is -2.08. The molecule has 7 heteroatoms. The first kappa shape index (κ1) is 14.8. The number of carbonyl (C=O) groups excluding carboxylic acids is 1. The van der Waals surface area contributed by atoms with Crippen molar-refractivity contribution in [1.82, 2.24) is 14.9 Å². The van der Waals surface area contributed by atoms with Crippen LogP contribution in [0.5, 0.6) is 5.75 Å². The van der Waals surface area contributed by atoms with Crippen LogP contribution in [-0.4, -0.2) is 27.5 Å². The van der Waals surface area contributed by atoms with Gasteiger partial charge in [0.2, 0.25) is 0 Å². The molecule has 23 heavy (non-hydrogen) atoms. The third-order valence-electron chi connectivity index (χ3n) is 3.10. The highest BCUT2D eigenvalue weighted by atomic mass is 16.5. The van der Waals surface area contributed by atoms with Gasteiger partial charge in [0.05, 0.1) is 6.54 Å². The van der Waals surface area contributed by atoms with Crippen LogP contribution in [0, 0.1) is 6.92 Å². The van der Waals surface area contributed by atoms with E-state index < -0.39 is 0 Å². The smallest absolute Gasteiger partial charge is 0.277 e. The number of carbonyl (C=O) groups is 1. The Labute approximate surface area is 132 Å². The van der Waals surface area contributed by atoms with E-state index in [2.05, 4.69) is 15.6 Å². The van der Waals surface area contributed by atoms with E-state index in [1.165, 1.54) is 0 Å². The highest BCUT2D eigenvalue weighted by Gasteiger charge is 2.11. The Morgan fingerprint density at radius 2 is 2.26 bits per heavy atom. The molecular formula is C16H16N4O3. The van der Waals surface area contributed by atoms with E-state index in [9.17, 15) is 4.79 Å². The molecule has 0 spiro atoms. The van der Waals surface area contributed by atoms with Crippen molar-refractivity contribution < 1.29 is 14.1 Å². The fourth-order valence-corrected chi connectivity index (χ4v) is 2.02. The van der Waals surface area contributed by atoms with Crippen molar-refractivity contribution in [2.75, 3.05) is 11.9 Å². The number of rotatable bonds is 6. The molecule has 7 nitrogen and oxygen atoms in total. The van der Waals surface area contributed by atoms with Gasteiger partial charge in [0.1, 0.15) is 18.1 Å². The SMILES string of the molecule is Cc1cc(C(=O)Nc2cccc(OCCn3cccn3)c2)no1. The molecule has 2 aromatic heterocycles. The summed E-state index contributed by atoms with van der Waals surface area (Å²) in [6.07, 6.45) is 3.60. The van der Waals surface area contributed by atoms with Crippen LogP contribution in [0.2, 0.25) is 0 Å². The molecule has 3 rings (SSSR count). The van der Waals surface area contributed by atoms with Crippen LogP contribution < -0.4 is 10.1 Å². The van der Waals surface area contributed by atoms with Gasteiger partial charge in [-0.15, -0.1) is 0 Å². The van der Waals surface area contributed by atoms with Crippen LogP contribution in [0.4, 0.5) is 5.69 Å². The predicted molar refractivity (Wildman–Crippen MR) is 83.4 cm³/mol. The number of benzene rings is 1. The van der Waals surface area contributed by atoms with Crippen LogP contribution >= 0.6 is 0 Å². The highest BCUT2D eigenvalue weighted by Crippen LogP contribution is 2.18. The molecular weight excluding hydrogens is 296 g/mol. The molecule has 0 fully saturated rings. The quantitative estimate of drug-likeness (QED) is 0.756. The van der Waals surface area contributed by atoms with E-state index in [0.29, 0.717) is 30.3 Å². The number of aromatic nitrogens is 3. The van der Waals surface area contributed by atoms with Crippen molar-refractivity contribution in [3.8, 4) is 5.75 Å². The molecule has 1 amide bonds. The lowest BCUT2D eigenvalue weighted by Crippen LogP contribution is -2.12. The molecule has 0 aliphatic rings. The van der Waals surface area contributed by atoms with Gasteiger partial charge in [-0.3, -0.25) is 9.48 Å². The Hall–Kier alpha value is -3.09. The van der Waals surface area contributed by atoms with Crippen LogP contribution in [0.15, 0.2) is 53.3 Å². The topological polar surface area (TPSA) is 82.2 Å². The minimum atomic E-state index is -0.324. The van der Waals surface area contributed by atoms with Gasteiger partial charge >= 0.3 is 0 Å². The summed E-state index contributed by atoms with van der Waals surface area (Å²) in [6, 6.07) is 10.6. The first-order valence-corrected chi connectivity index (χ1v) is 7.16.